The van der Waals surface area contributed by atoms with Crippen LogP contribution in [0.15, 0.2) is 66.8 Å². The Labute approximate surface area is 328 Å². The maximum Gasteiger partial charge on any atom is 0.338 e. The number of unbranched alkanes of at least 4 members (excludes halogenated alkanes) is 1. The Bertz CT molecular complexity index is 1970. The zero-order valence-electron chi connectivity index (χ0n) is 31.1. The molecular formula is C42H44N2O11S. The molecule has 1 aliphatic carbocycles. The van der Waals surface area contributed by atoms with Crippen LogP contribution in [0.5, 0.6) is 5.75 Å². The third kappa shape index (κ3) is 6.85. The van der Waals surface area contributed by atoms with Gasteiger partial charge >= 0.3 is 11.9 Å². The van der Waals surface area contributed by atoms with Gasteiger partial charge in [0.2, 0.25) is 23.6 Å². The fourth-order valence-corrected chi connectivity index (χ4v) is 9.96. The predicted octanol–water partition coefficient (Wildman–Crippen LogP) is 3.57. The number of aliphatic hydroxyl groups excluding tert-OH is 1. The first-order valence-electron chi connectivity index (χ1n) is 19.3. The molecular weight excluding hydrogens is 741 g/mol. The standard InChI is InChI=1S/C42H44N2O11S/c1-3-4-16-43-37(46)27-19-25-6-5-7-28(31(25)35(45)32(27)38(43)47)53-20-23-9-11-24(12-10-23)41(50)54-21-26-13-8-22(2)36(56-26)42(51)52-18-17-44-39(48)33-29-14-15-30(55-29)34(33)40(44)49/h5-15,22,26-27,29-30,32-36,45H,3-4,16-21H2,1-2H3. The second-order valence-corrected chi connectivity index (χ2v) is 16.6. The minimum atomic E-state index is -1.16. The lowest BCUT2D eigenvalue weighted by Gasteiger charge is -2.30. The van der Waals surface area contributed by atoms with Gasteiger partial charge in [0.25, 0.3) is 0 Å². The van der Waals surface area contributed by atoms with Gasteiger partial charge in [0.15, 0.2) is 0 Å². The monoisotopic (exact) mass is 784 g/mol. The number of thioether (sulfide) groups is 1. The average molecular weight is 785 g/mol. The number of imide groups is 2. The molecule has 2 aromatic carbocycles. The smallest absolute Gasteiger partial charge is 0.338 e. The van der Waals surface area contributed by atoms with Crippen LogP contribution in [0.25, 0.3) is 0 Å². The lowest BCUT2D eigenvalue weighted by atomic mass is 9.75. The second kappa shape index (κ2) is 15.6. The topological polar surface area (TPSA) is 166 Å². The number of benzene rings is 2. The fourth-order valence-electron chi connectivity index (χ4n) is 8.73. The van der Waals surface area contributed by atoms with Crippen molar-refractivity contribution in [2.45, 2.75) is 68.5 Å². The Balaban J connectivity index is 0.804. The first-order chi connectivity index (χ1) is 27.0. The molecule has 13 nitrogen and oxygen atoms in total. The molecule has 3 fully saturated rings. The Kier molecular flexibility index (Phi) is 10.6. The highest BCUT2D eigenvalue weighted by molar-refractivity contribution is 8.01. The number of aliphatic hydroxyl groups is 1. The van der Waals surface area contributed by atoms with E-state index in [2.05, 4.69) is 0 Å². The summed E-state index contributed by atoms with van der Waals surface area (Å²) in [4.78, 5) is 80.6. The molecule has 0 radical (unpaired) electrons. The van der Waals surface area contributed by atoms with E-state index in [0.29, 0.717) is 36.3 Å². The average Bonchev–Trinajstić information content (AvgIpc) is 3.94. The summed E-state index contributed by atoms with van der Waals surface area (Å²) < 4.78 is 23.0. The SMILES string of the molecule is CCCCN1C(=O)C2Cc3cccc(OCc4ccc(C(=O)OCC5C=CC(C)C(C(=O)OCCN6C(=O)C7C8C=CC(O8)C7C6=O)S5)cc4)c3C(O)C2C1=O. The molecule has 3 saturated heterocycles. The van der Waals surface area contributed by atoms with Crippen LogP contribution in [0.2, 0.25) is 0 Å². The molecule has 4 amide bonds. The Morgan fingerprint density at radius 1 is 0.857 bits per heavy atom. The number of fused-ring (bicyclic) bond motifs is 7. The van der Waals surface area contributed by atoms with Gasteiger partial charge in [-0.3, -0.25) is 33.8 Å². The summed E-state index contributed by atoms with van der Waals surface area (Å²) in [6, 6.07) is 12.2. The van der Waals surface area contributed by atoms with Gasteiger partial charge in [-0.25, -0.2) is 4.79 Å². The minimum Gasteiger partial charge on any atom is -0.489 e. The van der Waals surface area contributed by atoms with Crippen LogP contribution in [0.1, 0.15) is 59.8 Å². The number of rotatable bonds is 13. The number of likely N-dealkylation sites (tertiary alicyclic amines) is 2. The van der Waals surface area contributed by atoms with E-state index in [1.165, 1.54) is 21.6 Å². The minimum absolute atomic E-state index is 0.00882. The van der Waals surface area contributed by atoms with Gasteiger partial charge in [-0.1, -0.05) is 68.8 Å². The molecule has 1 N–H and O–H groups in total. The highest BCUT2D eigenvalue weighted by Gasteiger charge is 2.60. The fraction of sp³-hybridized carbons (Fsp3) is 0.476. The van der Waals surface area contributed by atoms with Crippen LogP contribution in [-0.2, 0) is 51.2 Å². The number of esters is 2. The van der Waals surface area contributed by atoms with Crippen molar-refractivity contribution in [3.05, 3.63) is 89.0 Å². The molecule has 5 heterocycles. The van der Waals surface area contributed by atoms with Crippen molar-refractivity contribution in [3.8, 4) is 5.75 Å². The highest BCUT2D eigenvalue weighted by Crippen LogP contribution is 2.47. The summed E-state index contributed by atoms with van der Waals surface area (Å²) in [5, 5.41) is 10.5. The molecule has 14 heteroatoms. The summed E-state index contributed by atoms with van der Waals surface area (Å²) in [5.41, 5.74) is 2.42. The maximum atomic E-state index is 13.2. The summed E-state index contributed by atoms with van der Waals surface area (Å²) in [5.74, 6) is -4.23. The molecule has 5 aliphatic heterocycles. The number of carbonyl (C=O) groups is 6. The number of allylic oxidation sites excluding steroid dienone is 1. The first-order valence-corrected chi connectivity index (χ1v) is 20.2. The van der Waals surface area contributed by atoms with Crippen LogP contribution < -0.4 is 4.74 Å². The van der Waals surface area contributed by atoms with E-state index in [-0.39, 0.29) is 73.4 Å². The van der Waals surface area contributed by atoms with Crippen molar-refractivity contribution in [3.63, 3.8) is 0 Å². The van der Waals surface area contributed by atoms with Gasteiger partial charge in [0.05, 0.1) is 59.3 Å². The molecule has 0 saturated carbocycles. The van der Waals surface area contributed by atoms with Crippen molar-refractivity contribution in [1.82, 2.24) is 9.80 Å². The molecule has 6 aliphatic rings. The summed E-state index contributed by atoms with van der Waals surface area (Å²) in [6.45, 7) is 4.31. The largest absolute Gasteiger partial charge is 0.489 e. The van der Waals surface area contributed by atoms with Crippen LogP contribution in [0, 0.1) is 29.6 Å². The zero-order valence-corrected chi connectivity index (χ0v) is 31.9. The summed E-state index contributed by atoms with van der Waals surface area (Å²) >= 11 is 1.33. The third-order valence-corrected chi connectivity index (χ3v) is 13.3. The number of carbonyl (C=O) groups excluding carboxylic acids is 6. The van der Waals surface area contributed by atoms with Crippen molar-refractivity contribution in [2.24, 2.45) is 29.6 Å². The lowest BCUT2D eigenvalue weighted by molar-refractivity contribution is -0.149. The van der Waals surface area contributed by atoms with Crippen LogP contribution >= 0.6 is 11.8 Å². The van der Waals surface area contributed by atoms with E-state index >= 15 is 0 Å². The van der Waals surface area contributed by atoms with Gasteiger partial charge in [-0.05, 0) is 48.1 Å². The summed E-state index contributed by atoms with van der Waals surface area (Å²) in [6.07, 6.45) is 7.46. The van der Waals surface area contributed by atoms with E-state index in [0.717, 1.165) is 17.5 Å². The zero-order chi connectivity index (χ0) is 39.2. The Morgan fingerprint density at radius 2 is 1.55 bits per heavy atom. The van der Waals surface area contributed by atoms with E-state index < -0.39 is 47.0 Å². The normalized spacial score (nSPS) is 31.1. The maximum absolute atomic E-state index is 13.2. The lowest BCUT2D eigenvalue weighted by Crippen LogP contribution is -2.38. The molecule has 2 aromatic rings. The molecule has 0 spiro atoms. The van der Waals surface area contributed by atoms with Gasteiger partial charge < -0.3 is 24.1 Å². The van der Waals surface area contributed by atoms with Gasteiger partial charge in [-0.15, -0.1) is 11.8 Å². The number of amides is 4. The van der Waals surface area contributed by atoms with Crippen LogP contribution in [0.3, 0.4) is 0 Å². The number of ether oxygens (including phenoxy) is 4. The van der Waals surface area contributed by atoms with Gasteiger partial charge in [0.1, 0.15) is 30.8 Å². The van der Waals surface area contributed by atoms with Crippen LogP contribution in [-0.4, -0.2) is 99.5 Å². The number of hydrogen-bond acceptors (Lipinski definition) is 12. The molecule has 0 aromatic heterocycles. The van der Waals surface area contributed by atoms with Crippen molar-refractivity contribution >= 4 is 47.3 Å². The van der Waals surface area contributed by atoms with E-state index in [4.69, 9.17) is 18.9 Å². The number of nitrogens with zero attached hydrogens (tertiary/aromatic N) is 2. The molecule has 10 unspecified atom stereocenters. The van der Waals surface area contributed by atoms with E-state index in [1.807, 2.05) is 50.3 Å². The van der Waals surface area contributed by atoms with Crippen LogP contribution in [0.4, 0.5) is 0 Å². The van der Waals surface area contributed by atoms with Crippen molar-refractivity contribution < 1.29 is 52.8 Å². The summed E-state index contributed by atoms with van der Waals surface area (Å²) in [7, 11) is 0. The molecule has 56 heavy (non-hydrogen) atoms. The Hall–Kier alpha value is -4.79. The molecule has 8 rings (SSSR count). The van der Waals surface area contributed by atoms with E-state index in [9.17, 15) is 33.9 Å². The highest BCUT2D eigenvalue weighted by atomic mass is 32.2. The van der Waals surface area contributed by atoms with Gasteiger partial charge in [0, 0.05) is 12.1 Å². The quantitative estimate of drug-likeness (QED) is 0.179. The molecule has 294 valence electrons. The van der Waals surface area contributed by atoms with Gasteiger partial charge in [-0.2, -0.15) is 0 Å². The van der Waals surface area contributed by atoms with Crippen molar-refractivity contribution in [1.29, 1.82) is 0 Å². The Morgan fingerprint density at radius 3 is 2.27 bits per heavy atom. The predicted molar refractivity (Wildman–Crippen MR) is 201 cm³/mol. The molecule has 2 bridgehead atoms. The number of hydrogen-bond donors (Lipinski definition) is 1. The van der Waals surface area contributed by atoms with Crippen molar-refractivity contribution in [2.75, 3.05) is 26.3 Å². The van der Waals surface area contributed by atoms with E-state index in [1.54, 1.807) is 30.3 Å². The first kappa shape index (κ1) is 38.1. The second-order valence-electron chi connectivity index (χ2n) is 15.2. The third-order valence-electron chi connectivity index (χ3n) is 11.7. The molecule has 10 atom stereocenters.